The zero-order valence-electron chi connectivity index (χ0n) is 10.1. The molecule has 3 N–H and O–H groups in total. The lowest BCUT2D eigenvalue weighted by Gasteiger charge is -2.25. The van der Waals surface area contributed by atoms with Crippen LogP contribution in [-0.2, 0) is 4.79 Å². The monoisotopic (exact) mass is 230 g/mol. The standard InChI is InChI=1S/C11H22N2OS/c1-5-11(4,9(12)15)10(14)13-7-6-8(2)3/h8H,5-7H2,1-4H3,(H2,12,15)(H,13,14). The SMILES string of the molecule is CCC(C)(C(=O)NCCC(C)C)C(N)=S. The number of carbonyl (C=O) groups is 1. The molecule has 0 aliphatic carbocycles. The van der Waals surface area contributed by atoms with Gasteiger partial charge >= 0.3 is 0 Å². The first-order valence-electron chi connectivity index (χ1n) is 5.42. The van der Waals surface area contributed by atoms with Gasteiger partial charge in [-0.25, -0.2) is 0 Å². The Morgan fingerprint density at radius 1 is 1.53 bits per heavy atom. The van der Waals surface area contributed by atoms with Crippen molar-refractivity contribution >= 4 is 23.1 Å². The molecule has 0 fully saturated rings. The summed E-state index contributed by atoms with van der Waals surface area (Å²) >= 11 is 4.92. The van der Waals surface area contributed by atoms with Gasteiger partial charge in [-0.2, -0.15) is 0 Å². The van der Waals surface area contributed by atoms with Crippen LogP contribution in [0.15, 0.2) is 0 Å². The third kappa shape index (κ3) is 4.16. The minimum Gasteiger partial charge on any atom is -0.392 e. The van der Waals surface area contributed by atoms with Crippen LogP contribution >= 0.6 is 12.2 Å². The summed E-state index contributed by atoms with van der Waals surface area (Å²) in [4.78, 5) is 12.1. The first-order valence-corrected chi connectivity index (χ1v) is 5.83. The number of nitrogens with two attached hydrogens (primary N) is 1. The van der Waals surface area contributed by atoms with E-state index in [4.69, 9.17) is 18.0 Å². The molecular formula is C11H22N2OS. The summed E-state index contributed by atoms with van der Waals surface area (Å²) in [5.41, 5.74) is 4.88. The predicted octanol–water partition coefficient (Wildman–Crippen LogP) is 1.85. The second-order valence-corrected chi connectivity index (χ2v) is 4.93. The molecule has 0 radical (unpaired) electrons. The van der Waals surface area contributed by atoms with E-state index in [0.717, 1.165) is 6.42 Å². The number of hydrogen-bond donors (Lipinski definition) is 2. The molecule has 0 rings (SSSR count). The summed E-state index contributed by atoms with van der Waals surface area (Å²) in [7, 11) is 0. The van der Waals surface area contributed by atoms with Crippen LogP contribution in [0.2, 0.25) is 0 Å². The molecule has 0 aliphatic rings. The smallest absolute Gasteiger partial charge is 0.232 e. The average molecular weight is 230 g/mol. The quantitative estimate of drug-likeness (QED) is 0.685. The van der Waals surface area contributed by atoms with E-state index >= 15 is 0 Å². The van der Waals surface area contributed by atoms with E-state index in [1.807, 2.05) is 6.92 Å². The summed E-state index contributed by atoms with van der Waals surface area (Å²) in [5.74, 6) is 0.529. The van der Waals surface area contributed by atoms with E-state index < -0.39 is 5.41 Å². The number of thiocarbonyl (C=S) groups is 1. The summed E-state index contributed by atoms with van der Waals surface area (Å²) in [6.45, 7) is 8.65. The fourth-order valence-electron chi connectivity index (χ4n) is 1.12. The molecule has 0 spiro atoms. The van der Waals surface area contributed by atoms with Gasteiger partial charge in [0.15, 0.2) is 0 Å². The summed E-state index contributed by atoms with van der Waals surface area (Å²) in [6, 6.07) is 0. The maximum Gasteiger partial charge on any atom is 0.232 e. The minimum absolute atomic E-state index is 0.0573. The largest absolute Gasteiger partial charge is 0.392 e. The van der Waals surface area contributed by atoms with Gasteiger partial charge in [-0.3, -0.25) is 4.79 Å². The van der Waals surface area contributed by atoms with Crippen molar-refractivity contribution in [2.45, 2.75) is 40.5 Å². The van der Waals surface area contributed by atoms with Crippen molar-refractivity contribution in [3.63, 3.8) is 0 Å². The fourth-order valence-corrected chi connectivity index (χ4v) is 1.35. The lowest BCUT2D eigenvalue weighted by Crippen LogP contribution is -2.46. The molecule has 0 heterocycles. The average Bonchev–Trinajstić information content (AvgIpc) is 2.15. The Bertz CT molecular complexity index is 241. The highest BCUT2D eigenvalue weighted by Crippen LogP contribution is 2.21. The van der Waals surface area contributed by atoms with E-state index in [9.17, 15) is 4.79 Å². The molecule has 1 atom stereocenters. The van der Waals surface area contributed by atoms with Gasteiger partial charge in [0.2, 0.25) is 5.91 Å². The highest BCUT2D eigenvalue weighted by atomic mass is 32.1. The molecular weight excluding hydrogens is 208 g/mol. The third-order valence-electron chi connectivity index (χ3n) is 2.76. The Morgan fingerprint density at radius 2 is 2.07 bits per heavy atom. The number of rotatable bonds is 6. The predicted molar refractivity (Wildman–Crippen MR) is 67.6 cm³/mol. The zero-order chi connectivity index (χ0) is 12.1. The molecule has 0 saturated carbocycles. The van der Waals surface area contributed by atoms with Crippen LogP contribution in [0, 0.1) is 11.3 Å². The number of nitrogens with one attached hydrogen (secondary N) is 1. The maximum atomic E-state index is 11.8. The molecule has 0 aromatic rings. The van der Waals surface area contributed by atoms with Gasteiger partial charge in [-0.05, 0) is 25.7 Å². The Hall–Kier alpha value is -0.640. The van der Waals surface area contributed by atoms with Gasteiger partial charge in [0.25, 0.3) is 0 Å². The summed E-state index contributed by atoms with van der Waals surface area (Å²) in [5, 5.41) is 2.88. The van der Waals surface area contributed by atoms with E-state index in [-0.39, 0.29) is 10.9 Å². The molecule has 3 nitrogen and oxygen atoms in total. The second kappa shape index (κ2) is 6.05. The highest BCUT2D eigenvalue weighted by Gasteiger charge is 2.34. The molecule has 0 bridgehead atoms. The van der Waals surface area contributed by atoms with E-state index in [0.29, 0.717) is 18.9 Å². The van der Waals surface area contributed by atoms with Crippen LogP contribution in [0.5, 0.6) is 0 Å². The first-order chi connectivity index (χ1) is 6.84. The normalized spacial score (nSPS) is 14.7. The van der Waals surface area contributed by atoms with Crippen LogP contribution in [0.1, 0.15) is 40.5 Å². The minimum atomic E-state index is -0.702. The van der Waals surface area contributed by atoms with E-state index in [1.54, 1.807) is 6.92 Å². The topological polar surface area (TPSA) is 55.1 Å². The molecule has 0 saturated heterocycles. The van der Waals surface area contributed by atoms with Gasteiger partial charge in [0.1, 0.15) is 0 Å². The molecule has 1 amide bonds. The molecule has 0 aromatic heterocycles. The van der Waals surface area contributed by atoms with Crippen molar-refractivity contribution in [2.24, 2.45) is 17.1 Å². The second-order valence-electron chi connectivity index (χ2n) is 4.49. The Morgan fingerprint density at radius 3 is 2.40 bits per heavy atom. The van der Waals surface area contributed by atoms with Crippen molar-refractivity contribution in [3.05, 3.63) is 0 Å². The van der Waals surface area contributed by atoms with E-state index in [1.165, 1.54) is 0 Å². The van der Waals surface area contributed by atoms with Gasteiger partial charge in [-0.15, -0.1) is 0 Å². The van der Waals surface area contributed by atoms with Crippen LogP contribution in [0.25, 0.3) is 0 Å². The van der Waals surface area contributed by atoms with Crippen molar-refractivity contribution in [1.82, 2.24) is 5.32 Å². The molecule has 15 heavy (non-hydrogen) atoms. The summed E-state index contributed by atoms with van der Waals surface area (Å²) < 4.78 is 0. The summed E-state index contributed by atoms with van der Waals surface area (Å²) in [6.07, 6.45) is 1.61. The fraction of sp³-hybridized carbons (Fsp3) is 0.818. The number of carbonyl (C=O) groups excluding carboxylic acids is 1. The van der Waals surface area contributed by atoms with Crippen LogP contribution < -0.4 is 11.1 Å². The van der Waals surface area contributed by atoms with Crippen LogP contribution in [0.3, 0.4) is 0 Å². The molecule has 1 unspecified atom stereocenters. The lowest BCUT2D eigenvalue weighted by molar-refractivity contribution is -0.127. The van der Waals surface area contributed by atoms with Gasteiger partial charge in [-0.1, -0.05) is 33.0 Å². The molecule has 0 aromatic carbocycles. The molecule has 4 heteroatoms. The molecule has 88 valence electrons. The third-order valence-corrected chi connectivity index (χ3v) is 3.21. The lowest BCUT2D eigenvalue weighted by atomic mass is 9.86. The Balaban J connectivity index is 4.23. The van der Waals surface area contributed by atoms with E-state index in [2.05, 4.69) is 19.2 Å². The van der Waals surface area contributed by atoms with Crippen molar-refractivity contribution < 1.29 is 4.79 Å². The number of hydrogen-bond acceptors (Lipinski definition) is 2. The van der Waals surface area contributed by atoms with Crippen LogP contribution in [-0.4, -0.2) is 17.4 Å². The van der Waals surface area contributed by atoms with Gasteiger partial charge < -0.3 is 11.1 Å². The van der Waals surface area contributed by atoms with Crippen LogP contribution in [0.4, 0.5) is 0 Å². The number of amides is 1. The van der Waals surface area contributed by atoms with Crippen molar-refractivity contribution in [2.75, 3.05) is 6.54 Å². The van der Waals surface area contributed by atoms with Gasteiger partial charge in [0, 0.05) is 6.54 Å². The van der Waals surface area contributed by atoms with Gasteiger partial charge in [0.05, 0.1) is 10.4 Å². The molecule has 0 aliphatic heterocycles. The Labute approximate surface area is 97.8 Å². The van der Waals surface area contributed by atoms with Crippen molar-refractivity contribution in [1.29, 1.82) is 0 Å². The highest BCUT2D eigenvalue weighted by molar-refractivity contribution is 7.80. The first kappa shape index (κ1) is 14.4. The maximum absolute atomic E-state index is 11.8. The van der Waals surface area contributed by atoms with Crippen molar-refractivity contribution in [3.8, 4) is 0 Å². The Kier molecular flexibility index (Phi) is 5.80. The zero-order valence-corrected chi connectivity index (χ0v) is 10.9.